The molecular formula is C14H12Cl3NO. The highest BCUT2D eigenvalue weighted by atomic mass is 35.5. The molecule has 0 aliphatic rings. The van der Waals surface area contributed by atoms with E-state index in [2.05, 4.69) is 0 Å². The molecule has 0 amide bonds. The summed E-state index contributed by atoms with van der Waals surface area (Å²) in [6.45, 7) is 0. The lowest BCUT2D eigenvalue weighted by Gasteiger charge is -2.21. The van der Waals surface area contributed by atoms with Gasteiger partial charge in [-0.25, -0.2) is 0 Å². The first-order valence-electron chi connectivity index (χ1n) is 5.35. The van der Waals surface area contributed by atoms with Gasteiger partial charge in [-0.05, 0) is 29.8 Å². The van der Waals surface area contributed by atoms with Crippen molar-refractivity contribution >= 4 is 41.4 Å². The lowest BCUT2D eigenvalue weighted by molar-refractivity contribution is 0.0940. The Morgan fingerprint density at radius 3 is 2.05 bits per heavy atom. The molecule has 100 valence electrons. The standard InChI is InChI=1S/C14H11Cl2NO.ClH/c15-12-8-6-10(7-9-12)13(18)14(16,17)11-4-2-1-3-5-11;/h1-9H,17H2;1H. The Labute approximate surface area is 127 Å². The second-order valence-corrected chi connectivity index (χ2v) is 4.95. The van der Waals surface area contributed by atoms with E-state index in [-0.39, 0.29) is 18.2 Å². The monoisotopic (exact) mass is 315 g/mol. The van der Waals surface area contributed by atoms with Crippen LogP contribution in [0, 0.1) is 0 Å². The van der Waals surface area contributed by atoms with Crippen LogP contribution in [0.25, 0.3) is 0 Å². The van der Waals surface area contributed by atoms with Gasteiger partial charge in [-0.2, -0.15) is 0 Å². The molecule has 0 saturated heterocycles. The molecule has 0 saturated carbocycles. The van der Waals surface area contributed by atoms with Gasteiger partial charge in [0, 0.05) is 10.6 Å². The molecule has 5 heteroatoms. The molecule has 2 nitrogen and oxygen atoms in total. The molecule has 19 heavy (non-hydrogen) atoms. The zero-order valence-corrected chi connectivity index (χ0v) is 12.2. The first-order valence-corrected chi connectivity index (χ1v) is 6.11. The first-order chi connectivity index (χ1) is 8.51. The molecule has 2 rings (SSSR count). The summed E-state index contributed by atoms with van der Waals surface area (Å²) in [5.41, 5.74) is 6.93. The van der Waals surface area contributed by atoms with Gasteiger partial charge >= 0.3 is 0 Å². The molecule has 1 atom stereocenters. The summed E-state index contributed by atoms with van der Waals surface area (Å²) < 4.78 is 0. The van der Waals surface area contributed by atoms with Gasteiger partial charge in [-0.3, -0.25) is 4.79 Å². The maximum absolute atomic E-state index is 12.3. The maximum Gasteiger partial charge on any atom is 0.202 e. The van der Waals surface area contributed by atoms with Crippen molar-refractivity contribution in [1.82, 2.24) is 0 Å². The zero-order valence-electron chi connectivity index (χ0n) is 9.85. The SMILES string of the molecule is Cl.NC(Cl)(C(=O)c1ccc(Cl)cc1)c1ccccc1. The second kappa shape index (κ2) is 6.40. The highest BCUT2D eigenvalue weighted by Crippen LogP contribution is 2.27. The van der Waals surface area contributed by atoms with Gasteiger partial charge in [0.15, 0.2) is 5.00 Å². The van der Waals surface area contributed by atoms with E-state index in [9.17, 15) is 4.79 Å². The Kier molecular flexibility index (Phi) is 5.39. The molecule has 0 heterocycles. The lowest BCUT2D eigenvalue weighted by atomic mass is 9.97. The number of carbonyl (C=O) groups is 1. The summed E-state index contributed by atoms with van der Waals surface area (Å²) in [6.07, 6.45) is 0. The first kappa shape index (κ1) is 16.0. The van der Waals surface area contributed by atoms with Crippen LogP contribution < -0.4 is 5.73 Å². The van der Waals surface area contributed by atoms with Crippen LogP contribution in [0.4, 0.5) is 0 Å². The average molecular weight is 317 g/mol. The third kappa shape index (κ3) is 3.48. The van der Waals surface area contributed by atoms with Crippen LogP contribution in [0.3, 0.4) is 0 Å². The number of nitrogens with two attached hydrogens (primary N) is 1. The van der Waals surface area contributed by atoms with Gasteiger partial charge in [0.1, 0.15) is 0 Å². The molecule has 0 spiro atoms. The number of carbonyl (C=O) groups excluding carboxylic acids is 1. The number of hydrogen-bond acceptors (Lipinski definition) is 2. The van der Waals surface area contributed by atoms with Crippen LogP contribution in [0.2, 0.25) is 5.02 Å². The molecule has 0 fully saturated rings. The molecule has 0 aromatic heterocycles. The van der Waals surface area contributed by atoms with Crippen LogP contribution >= 0.6 is 35.6 Å². The number of Topliss-reactive ketones (excluding diaryl/α,β-unsaturated/α-hetero) is 1. The molecule has 0 bridgehead atoms. The molecular weight excluding hydrogens is 305 g/mol. The van der Waals surface area contributed by atoms with E-state index in [4.69, 9.17) is 28.9 Å². The molecule has 0 radical (unpaired) electrons. The van der Waals surface area contributed by atoms with Crippen molar-refractivity contribution < 1.29 is 4.79 Å². The minimum Gasteiger partial charge on any atom is -0.302 e. The van der Waals surface area contributed by atoms with E-state index in [1.165, 1.54) is 0 Å². The van der Waals surface area contributed by atoms with Crippen molar-refractivity contribution in [1.29, 1.82) is 0 Å². The molecule has 0 aliphatic heterocycles. The van der Waals surface area contributed by atoms with E-state index in [0.29, 0.717) is 16.1 Å². The summed E-state index contributed by atoms with van der Waals surface area (Å²) in [5.74, 6) is -0.355. The molecule has 2 N–H and O–H groups in total. The van der Waals surface area contributed by atoms with Crippen molar-refractivity contribution in [3.63, 3.8) is 0 Å². The van der Waals surface area contributed by atoms with Crippen molar-refractivity contribution in [2.75, 3.05) is 0 Å². The number of rotatable bonds is 3. The molecule has 0 aliphatic carbocycles. The van der Waals surface area contributed by atoms with Gasteiger partial charge in [-0.1, -0.05) is 53.5 Å². The van der Waals surface area contributed by atoms with Crippen LogP contribution in [0.15, 0.2) is 54.6 Å². The normalized spacial score (nSPS) is 13.2. The fourth-order valence-corrected chi connectivity index (χ4v) is 1.98. The Morgan fingerprint density at radius 2 is 1.53 bits per heavy atom. The van der Waals surface area contributed by atoms with E-state index in [0.717, 1.165) is 0 Å². The van der Waals surface area contributed by atoms with E-state index < -0.39 is 5.00 Å². The van der Waals surface area contributed by atoms with E-state index in [1.54, 1.807) is 48.5 Å². The van der Waals surface area contributed by atoms with Crippen LogP contribution in [0.1, 0.15) is 15.9 Å². The van der Waals surface area contributed by atoms with Gasteiger partial charge in [0.05, 0.1) is 0 Å². The lowest BCUT2D eigenvalue weighted by Crippen LogP contribution is -2.39. The average Bonchev–Trinajstić information content (AvgIpc) is 2.40. The second-order valence-electron chi connectivity index (χ2n) is 3.91. The highest BCUT2D eigenvalue weighted by molar-refractivity contribution is 6.37. The smallest absolute Gasteiger partial charge is 0.202 e. The van der Waals surface area contributed by atoms with Gasteiger partial charge in [-0.15, -0.1) is 12.4 Å². The zero-order chi connectivity index (χ0) is 13.2. The minimum absolute atomic E-state index is 0. The Morgan fingerprint density at radius 1 is 1.00 bits per heavy atom. The quantitative estimate of drug-likeness (QED) is 0.528. The maximum atomic E-state index is 12.3. The fraction of sp³-hybridized carbons (Fsp3) is 0.0714. The van der Waals surface area contributed by atoms with Crippen LogP contribution in [0.5, 0.6) is 0 Å². The third-order valence-corrected chi connectivity index (χ3v) is 3.27. The number of halogens is 3. The summed E-state index contributed by atoms with van der Waals surface area (Å²) in [5, 5.41) is 0.559. The Bertz CT molecular complexity index is 553. The van der Waals surface area contributed by atoms with E-state index >= 15 is 0 Å². The van der Waals surface area contributed by atoms with Crippen molar-refractivity contribution in [3.8, 4) is 0 Å². The molecule has 1 unspecified atom stereocenters. The number of ketones is 1. The Hall–Kier alpha value is -1.06. The van der Waals surface area contributed by atoms with Crippen molar-refractivity contribution in [2.45, 2.75) is 5.00 Å². The van der Waals surface area contributed by atoms with Gasteiger partial charge in [0.25, 0.3) is 0 Å². The fourth-order valence-electron chi connectivity index (χ4n) is 1.62. The molecule has 2 aromatic rings. The van der Waals surface area contributed by atoms with Crippen molar-refractivity contribution in [3.05, 3.63) is 70.7 Å². The Balaban J connectivity index is 0.00000180. The van der Waals surface area contributed by atoms with E-state index in [1.807, 2.05) is 6.07 Å². The predicted octanol–water partition coefficient (Wildman–Crippen LogP) is 4.00. The van der Waals surface area contributed by atoms with Gasteiger partial charge in [0.2, 0.25) is 5.78 Å². The van der Waals surface area contributed by atoms with Crippen LogP contribution in [-0.2, 0) is 5.00 Å². The summed E-state index contributed by atoms with van der Waals surface area (Å²) in [4.78, 5) is 10.7. The molecule has 2 aromatic carbocycles. The predicted molar refractivity (Wildman–Crippen MR) is 81.2 cm³/mol. The van der Waals surface area contributed by atoms with Crippen LogP contribution in [-0.4, -0.2) is 5.78 Å². The topological polar surface area (TPSA) is 43.1 Å². The minimum atomic E-state index is -1.56. The van der Waals surface area contributed by atoms with Gasteiger partial charge < -0.3 is 5.73 Å². The van der Waals surface area contributed by atoms with Crippen molar-refractivity contribution in [2.24, 2.45) is 5.73 Å². The summed E-state index contributed by atoms with van der Waals surface area (Å²) in [6, 6.07) is 15.3. The third-order valence-electron chi connectivity index (χ3n) is 2.63. The highest BCUT2D eigenvalue weighted by Gasteiger charge is 2.34. The summed E-state index contributed by atoms with van der Waals surface area (Å²) >= 11 is 12.0. The number of benzene rings is 2. The number of alkyl halides is 1. The largest absolute Gasteiger partial charge is 0.302 e. The number of hydrogen-bond donors (Lipinski definition) is 1. The summed E-state index contributed by atoms with van der Waals surface area (Å²) in [7, 11) is 0.